The SMILES string of the molecule is CC(=O)[C@H]1CCOC[C@H]1N.S.S. The van der Waals surface area contributed by atoms with Gasteiger partial charge in [-0.15, -0.1) is 0 Å². The van der Waals surface area contributed by atoms with Crippen molar-refractivity contribution < 1.29 is 9.53 Å². The number of ketones is 1. The van der Waals surface area contributed by atoms with Crippen LogP contribution in [0, 0.1) is 5.92 Å². The summed E-state index contributed by atoms with van der Waals surface area (Å²) in [5, 5.41) is 0. The van der Waals surface area contributed by atoms with E-state index < -0.39 is 0 Å². The van der Waals surface area contributed by atoms with Crippen LogP contribution in [0.4, 0.5) is 0 Å². The normalized spacial score (nSPS) is 28.2. The monoisotopic (exact) mass is 211 g/mol. The van der Waals surface area contributed by atoms with Crippen LogP contribution in [0.3, 0.4) is 0 Å². The Hall–Kier alpha value is 0.290. The van der Waals surface area contributed by atoms with Gasteiger partial charge in [0.25, 0.3) is 0 Å². The molecule has 5 heteroatoms. The fourth-order valence-electron chi connectivity index (χ4n) is 1.26. The van der Waals surface area contributed by atoms with Gasteiger partial charge in [0.15, 0.2) is 0 Å². The van der Waals surface area contributed by atoms with E-state index in [2.05, 4.69) is 0 Å². The minimum absolute atomic E-state index is 0. The Morgan fingerprint density at radius 2 is 2.08 bits per heavy atom. The van der Waals surface area contributed by atoms with Crippen molar-refractivity contribution in [3.05, 3.63) is 0 Å². The van der Waals surface area contributed by atoms with Gasteiger partial charge in [0.05, 0.1) is 6.61 Å². The molecule has 0 aromatic heterocycles. The van der Waals surface area contributed by atoms with Crippen LogP contribution in [0.1, 0.15) is 13.3 Å². The van der Waals surface area contributed by atoms with Crippen molar-refractivity contribution in [2.24, 2.45) is 11.7 Å². The maximum atomic E-state index is 10.9. The second-order valence-electron chi connectivity index (χ2n) is 2.74. The van der Waals surface area contributed by atoms with Gasteiger partial charge in [-0.3, -0.25) is 4.79 Å². The first-order chi connectivity index (χ1) is 4.72. The van der Waals surface area contributed by atoms with Crippen LogP contribution in [-0.2, 0) is 9.53 Å². The smallest absolute Gasteiger partial charge is 0.134 e. The van der Waals surface area contributed by atoms with Gasteiger partial charge in [0.1, 0.15) is 5.78 Å². The first kappa shape index (κ1) is 14.8. The summed E-state index contributed by atoms with van der Waals surface area (Å²) in [5.74, 6) is 0.226. The quantitative estimate of drug-likeness (QED) is 0.672. The minimum Gasteiger partial charge on any atom is -0.380 e. The van der Waals surface area contributed by atoms with Crippen molar-refractivity contribution in [3.63, 3.8) is 0 Å². The third-order valence-electron chi connectivity index (χ3n) is 1.92. The average molecular weight is 211 g/mol. The summed E-state index contributed by atoms with van der Waals surface area (Å²) in [6.07, 6.45) is 0.788. The van der Waals surface area contributed by atoms with Crippen molar-refractivity contribution in [3.8, 4) is 0 Å². The van der Waals surface area contributed by atoms with Crippen molar-refractivity contribution >= 4 is 32.8 Å². The Balaban J connectivity index is 0. The molecule has 0 spiro atoms. The molecule has 1 aliphatic rings. The predicted molar refractivity (Wildman–Crippen MR) is 58.3 cm³/mol. The molecule has 1 saturated heterocycles. The lowest BCUT2D eigenvalue weighted by Crippen LogP contribution is -2.42. The van der Waals surface area contributed by atoms with Gasteiger partial charge < -0.3 is 10.5 Å². The predicted octanol–water partition coefficient (Wildman–Crippen LogP) is 0.165. The Kier molecular flexibility index (Phi) is 8.34. The summed E-state index contributed by atoms with van der Waals surface area (Å²) in [5.41, 5.74) is 5.63. The molecule has 2 N–H and O–H groups in total. The number of hydrogen-bond acceptors (Lipinski definition) is 3. The van der Waals surface area contributed by atoms with Gasteiger partial charge in [-0.25, -0.2) is 0 Å². The summed E-state index contributed by atoms with van der Waals surface area (Å²) in [4.78, 5) is 10.9. The molecule has 0 saturated carbocycles. The Morgan fingerprint density at radius 1 is 1.50 bits per heavy atom. The number of carbonyl (C=O) groups excluding carboxylic acids is 1. The molecule has 0 unspecified atom stereocenters. The van der Waals surface area contributed by atoms with E-state index in [1.165, 1.54) is 0 Å². The second kappa shape index (κ2) is 6.77. The molecule has 12 heavy (non-hydrogen) atoms. The number of carbonyl (C=O) groups is 1. The van der Waals surface area contributed by atoms with Gasteiger partial charge in [-0.1, -0.05) is 0 Å². The van der Waals surface area contributed by atoms with Gasteiger partial charge in [0.2, 0.25) is 0 Å². The molecule has 0 aliphatic carbocycles. The average Bonchev–Trinajstić information content (AvgIpc) is 1.88. The van der Waals surface area contributed by atoms with Crippen LogP contribution >= 0.6 is 27.0 Å². The first-order valence-electron chi connectivity index (χ1n) is 3.55. The van der Waals surface area contributed by atoms with E-state index in [9.17, 15) is 4.79 Å². The molecular weight excluding hydrogens is 194 g/mol. The van der Waals surface area contributed by atoms with Crippen molar-refractivity contribution in [1.29, 1.82) is 0 Å². The summed E-state index contributed by atoms with van der Waals surface area (Å²) in [6.45, 7) is 2.80. The number of rotatable bonds is 1. The number of nitrogens with two attached hydrogens (primary N) is 1. The van der Waals surface area contributed by atoms with Crippen LogP contribution in [0.15, 0.2) is 0 Å². The molecule has 1 heterocycles. The van der Waals surface area contributed by atoms with Crippen molar-refractivity contribution in [2.45, 2.75) is 19.4 Å². The zero-order chi connectivity index (χ0) is 7.56. The van der Waals surface area contributed by atoms with Crippen LogP contribution in [0.25, 0.3) is 0 Å². The zero-order valence-corrected chi connectivity index (χ0v) is 9.17. The van der Waals surface area contributed by atoms with E-state index >= 15 is 0 Å². The Morgan fingerprint density at radius 3 is 2.42 bits per heavy atom. The van der Waals surface area contributed by atoms with Crippen molar-refractivity contribution in [1.82, 2.24) is 0 Å². The molecule has 1 fully saturated rings. The summed E-state index contributed by atoms with van der Waals surface area (Å²) >= 11 is 0. The van der Waals surface area contributed by atoms with Crippen LogP contribution in [0.2, 0.25) is 0 Å². The molecule has 3 nitrogen and oxygen atoms in total. The maximum Gasteiger partial charge on any atom is 0.134 e. The Bertz CT molecular complexity index is 143. The summed E-state index contributed by atoms with van der Waals surface area (Å²) in [6, 6.07) is -0.0775. The second-order valence-corrected chi connectivity index (χ2v) is 2.74. The topological polar surface area (TPSA) is 52.3 Å². The van der Waals surface area contributed by atoms with E-state index in [4.69, 9.17) is 10.5 Å². The molecule has 1 aliphatic heterocycles. The molecule has 0 radical (unpaired) electrons. The summed E-state index contributed by atoms with van der Waals surface area (Å²) in [7, 11) is 0. The number of Topliss-reactive ketones (excluding diaryl/α,β-unsaturated/α-hetero) is 1. The van der Waals surface area contributed by atoms with Gasteiger partial charge in [-0.05, 0) is 13.3 Å². The lowest BCUT2D eigenvalue weighted by atomic mass is 9.92. The standard InChI is InChI=1S/C7H13NO2.2H2S/c1-5(9)6-2-3-10-4-7(6)8;;/h6-7H,2-4,8H2,1H3;2*1H2/t6-,7-;;/m1../s1. The lowest BCUT2D eigenvalue weighted by molar-refractivity contribution is -0.124. The third kappa shape index (κ3) is 3.80. The molecule has 74 valence electrons. The van der Waals surface area contributed by atoms with Gasteiger partial charge in [-0.2, -0.15) is 27.0 Å². The zero-order valence-electron chi connectivity index (χ0n) is 7.17. The van der Waals surface area contributed by atoms with Gasteiger partial charge >= 0.3 is 0 Å². The van der Waals surface area contributed by atoms with E-state index in [1.807, 2.05) is 0 Å². The molecule has 2 atom stereocenters. The van der Waals surface area contributed by atoms with E-state index in [-0.39, 0.29) is 44.7 Å². The van der Waals surface area contributed by atoms with Crippen LogP contribution < -0.4 is 5.73 Å². The molecule has 0 aromatic rings. The molecule has 0 aromatic carbocycles. The van der Waals surface area contributed by atoms with E-state index in [1.54, 1.807) is 6.92 Å². The number of hydrogen-bond donors (Lipinski definition) is 1. The van der Waals surface area contributed by atoms with Crippen LogP contribution in [0.5, 0.6) is 0 Å². The van der Waals surface area contributed by atoms with E-state index in [0.717, 1.165) is 6.42 Å². The van der Waals surface area contributed by atoms with E-state index in [0.29, 0.717) is 13.2 Å². The van der Waals surface area contributed by atoms with Crippen molar-refractivity contribution in [2.75, 3.05) is 13.2 Å². The maximum absolute atomic E-state index is 10.9. The lowest BCUT2D eigenvalue weighted by Gasteiger charge is -2.26. The fraction of sp³-hybridized carbons (Fsp3) is 0.857. The highest BCUT2D eigenvalue weighted by atomic mass is 32.1. The third-order valence-corrected chi connectivity index (χ3v) is 1.92. The Labute approximate surface area is 86.9 Å². The highest BCUT2D eigenvalue weighted by Crippen LogP contribution is 2.14. The highest BCUT2D eigenvalue weighted by molar-refractivity contribution is 7.59. The molecule has 1 rings (SSSR count). The van der Waals surface area contributed by atoms with Gasteiger partial charge in [0, 0.05) is 18.6 Å². The molecule has 0 amide bonds. The van der Waals surface area contributed by atoms with Crippen LogP contribution in [-0.4, -0.2) is 25.0 Å². The number of ether oxygens (including phenoxy) is 1. The largest absolute Gasteiger partial charge is 0.380 e. The molecular formula is C7H17NO2S2. The minimum atomic E-state index is -0.0775. The fourth-order valence-corrected chi connectivity index (χ4v) is 1.26. The first-order valence-corrected chi connectivity index (χ1v) is 3.55. The summed E-state index contributed by atoms with van der Waals surface area (Å²) < 4.78 is 5.08. The molecule has 0 bridgehead atoms. The highest BCUT2D eigenvalue weighted by Gasteiger charge is 2.25.